The van der Waals surface area contributed by atoms with E-state index < -0.39 is 17.4 Å². The summed E-state index contributed by atoms with van der Waals surface area (Å²) >= 11 is 0. The van der Waals surface area contributed by atoms with E-state index in [9.17, 15) is 14.7 Å². The standard InChI is InChI=1S/C24H22N2O3/c1-17-11-13-19(14-12-17)25-22(27)15-24(29)20-9-5-6-10-21(20)26(23(24)28)16-18-7-3-2-4-8-18/h2-14,29H,15-16H2,1H3,(H,25,27)/t24-/m0/s1. The maximum atomic E-state index is 13.2. The van der Waals surface area contributed by atoms with Crippen molar-refractivity contribution in [2.75, 3.05) is 10.2 Å². The van der Waals surface area contributed by atoms with E-state index in [1.807, 2.05) is 55.5 Å². The molecule has 5 heteroatoms. The second-order valence-corrected chi connectivity index (χ2v) is 7.35. The van der Waals surface area contributed by atoms with Crippen molar-refractivity contribution in [2.24, 2.45) is 0 Å². The molecule has 146 valence electrons. The molecule has 2 N–H and O–H groups in total. The summed E-state index contributed by atoms with van der Waals surface area (Å²) in [4.78, 5) is 27.4. The fourth-order valence-corrected chi connectivity index (χ4v) is 3.67. The largest absolute Gasteiger partial charge is 0.375 e. The SMILES string of the molecule is Cc1ccc(NC(=O)C[C@@]2(O)C(=O)N(Cc3ccccc3)c3ccccc32)cc1. The minimum atomic E-state index is -1.89. The predicted molar refractivity (Wildman–Crippen MR) is 112 cm³/mol. The number of rotatable bonds is 5. The molecule has 0 aliphatic carbocycles. The molecule has 4 rings (SSSR count). The van der Waals surface area contributed by atoms with E-state index in [0.29, 0.717) is 23.5 Å². The summed E-state index contributed by atoms with van der Waals surface area (Å²) in [6, 6.07) is 24.0. The number of amides is 2. The van der Waals surface area contributed by atoms with Gasteiger partial charge in [-0.1, -0.05) is 66.2 Å². The first-order valence-corrected chi connectivity index (χ1v) is 9.52. The summed E-state index contributed by atoms with van der Waals surface area (Å²) in [6.45, 7) is 2.29. The van der Waals surface area contributed by atoms with Gasteiger partial charge in [0, 0.05) is 11.3 Å². The molecule has 0 fully saturated rings. The van der Waals surface area contributed by atoms with Gasteiger partial charge in [-0.05, 0) is 30.7 Å². The van der Waals surface area contributed by atoms with E-state index in [2.05, 4.69) is 5.32 Å². The number of aryl methyl sites for hydroxylation is 1. The highest BCUT2D eigenvalue weighted by Gasteiger charge is 2.50. The van der Waals surface area contributed by atoms with E-state index in [-0.39, 0.29) is 6.42 Å². The fourth-order valence-electron chi connectivity index (χ4n) is 3.67. The fraction of sp³-hybridized carbons (Fsp3) is 0.167. The quantitative estimate of drug-likeness (QED) is 0.702. The van der Waals surface area contributed by atoms with E-state index in [4.69, 9.17) is 0 Å². The van der Waals surface area contributed by atoms with Crippen LogP contribution in [0.1, 0.15) is 23.1 Å². The Kier molecular flexibility index (Phi) is 4.91. The van der Waals surface area contributed by atoms with Crippen LogP contribution in [0, 0.1) is 6.92 Å². The van der Waals surface area contributed by atoms with Crippen LogP contribution in [0.5, 0.6) is 0 Å². The summed E-state index contributed by atoms with van der Waals surface area (Å²) < 4.78 is 0. The van der Waals surface area contributed by atoms with Crippen molar-refractivity contribution < 1.29 is 14.7 Å². The molecule has 0 radical (unpaired) electrons. The maximum absolute atomic E-state index is 13.2. The van der Waals surface area contributed by atoms with Crippen molar-refractivity contribution in [3.63, 3.8) is 0 Å². The summed E-state index contributed by atoms with van der Waals surface area (Å²) in [7, 11) is 0. The van der Waals surface area contributed by atoms with Crippen molar-refractivity contribution >= 4 is 23.2 Å². The van der Waals surface area contributed by atoms with Crippen LogP contribution < -0.4 is 10.2 Å². The number of para-hydroxylation sites is 1. The van der Waals surface area contributed by atoms with E-state index in [1.54, 1.807) is 35.2 Å². The molecule has 0 bridgehead atoms. The molecule has 1 heterocycles. The number of aliphatic hydroxyl groups is 1. The first-order valence-electron chi connectivity index (χ1n) is 9.52. The lowest BCUT2D eigenvalue weighted by Crippen LogP contribution is -2.42. The molecular formula is C24H22N2O3. The van der Waals surface area contributed by atoms with Crippen molar-refractivity contribution in [3.05, 3.63) is 95.6 Å². The van der Waals surface area contributed by atoms with Gasteiger partial charge in [-0.2, -0.15) is 0 Å². The van der Waals surface area contributed by atoms with Crippen LogP contribution in [0.2, 0.25) is 0 Å². The summed E-state index contributed by atoms with van der Waals surface area (Å²) in [5.74, 6) is -0.900. The van der Waals surface area contributed by atoms with Crippen LogP contribution in [-0.4, -0.2) is 16.9 Å². The van der Waals surface area contributed by atoms with Gasteiger partial charge in [0.25, 0.3) is 5.91 Å². The third-order valence-electron chi connectivity index (χ3n) is 5.17. The van der Waals surface area contributed by atoms with Crippen LogP contribution in [0.4, 0.5) is 11.4 Å². The highest BCUT2D eigenvalue weighted by Crippen LogP contribution is 2.43. The van der Waals surface area contributed by atoms with Crippen molar-refractivity contribution in [1.82, 2.24) is 0 Å². The monoisotopic (exact) mass is 386 g/mol. The zero-order valence-corrected chi connectivity index (χ0v) is 16.1. The minimum absolute atomic E-state index is 0.332. The van der Waals surface area contributed by atoms with Gasteiger partial charge in [-0.3, -0.25) is 9.59 Å². The van der Waals surface area contributed by atoms with Crippen molar-refractivity contribution in [2.45, 2.75) is 25.5 Å². The first-order chi connectivity index (χ1) is 14.0. The third kappa shape index (κ3) is 3.65. The Balaban J connectivity index is 1.59. The number of fused-ring (bicyclic) bond motifs is 1. The lowest BCUT2D eigenvalue weighted by atomic mass is 9.91. The third-order valence-corrected chi connectivity index (χ3v) is 5.17. The van der Waals surface area contributed by atoms with Gasteiger partial charge in [0.1, 0.15) is 0 Å². The molecule has 0 unspecified atom stereocenters. The molecule has 1 aliphatic heterocycles. The number of anilines is 2. The van der Waals surface area contributed by atoms with Gasteiger partial charge in [-0.15, -0.1) is 0 Å². The van der Waals surface area contributed by atoms with Crippen LogP contribution >= 0.6 is 0 Å². The molecule has 5 nitrogen and oxygen atoms in total. The van der Waals surface area contributed by atoms with Gasteiger partial charge >= 0.3 is 0 Å². The zero-order chi connectivity index (χ0) is 20.4. The Bertz CT molecular complexity index is 1050. The Hall–Kier alpha value is -3.44. The van der Waals surface area contributed by atoms with Crippen molar-refractivity contribution in [3.8, 4) is 0 Å². The lowest BCUT2D eigenvalue weighted by molar-refractivity contribution is -0.141. The normalized spacial score (nSPS) is 17.9. The Morgan fingerprint density at radius 2 is 1.62 bits per heavy atom. The Morgan fingerprint density at radius 3 is 2.34 bits per heavy atom. The van der Waals surface area contributed by atoms with E-state index in [1.165, 1.54) is 0 Å². The summed E-state index contributed by atoms with van der Waals surface area (Å²) in [5.41, 5.74) is 1.86. The van der Waals surface area contributed by atoms with Gasteiger partial charge < -0.3 is 15.3 Å². The number of carbonyl (C=O) groups is 2. The topological polar surface area (TPSA) is 69.6 Å². The van der Waals surface area contributed by atoms with Gasteiger partial charge in [0.05, 0.1) is 18.7 Å². The molecule has 0 aromatic heterocycles. The molecule has 0 saturated heterocycles. The van der Waals surface area contributed by atoms with Crippen LogP contribution in [-0.2, 0) is 21.7 Å². The van der Waals surface area contributed by atoms with Gasteiger partial charge in [0.2, 0.25) is 5.91 Å². The number of nitrogens with zero attached hydrogens (tertiary/aromatic N) is 1. The van der Waals surface area contributed by atoms with Crippen LogP contribution in [0.15, 0.2) is 78.9 Å². The number of carbonyl (C=O) groups excluding carboxylic acids is 2. The smallest absolute Gasteiger partial charge is 0.264 e. The number of hydrogen-bond acceptors (Lipinski definition) is 3. The molecule has 3 aromatic rings. The second kappa shape index (κ2) is 7.53. The molecular weight excluding hydrogens is 364 g/mol. The molecule has 1 atom stereocenters. The second-order valence-electron chi connectivity index (χ2n) is 7.35. The van der Waals surface area contributed by atoms with Crippen LogP contribution in [0.3, 0.4) is 0 Å². The highest BCUT2D eigenvalue weighted by molar-refractivity contribution is 6.09. The summed E-state index contributed by atoms with van der Waals surface area (Å²) in [6.07, 6.45) is -0.345. The number of benzene rings is 3. The molecule has 0 saturated carbocycles. The molecule has 0 spiro atoms. The zero-order valence-electron chi connectivity index (χ0n) is 16.1. The molecule has 3 aromatic carbocycles. The lowest BCUT2D eigenvalue weighted by Gasteiger charge is -2.23. The van der Waals surface area contributed by atoms with Crippen LogP contribution in [0.25, 0.3) is 0 Å². The Labute approximate surface area is 169 Å². The van der Waals surface area contributed by atoms with Gasteiger partial charge in [0.15, 0.2) is 5.60 Å². The first kappa shape index (κ1) is 18.9. The molecule has 2 amide bonds. The maximum Gasteiger partial charge on any atom is 0.264 e. The number of hydrogen-bond donors (Lipinski definition) is 2. The van der Waals surface area contributed by atoms with Gasteiger partial charge in [-0.25, -0.2) is 0 Å². The average Bonchev–Trinajstić information content (AvgIpc) is 2.92. The average molecular weight is 386 g/mol. The highest BCUT2D eigenvalue weighted by atomic mass is 16.3. The number of nitrogens with one attached hydrogen (secondary N) is 1. The summed E-state index contributed by atoms with van der Waals surface area (Å²) in [5, 5.41) is 14.1. The van der Waals surface area contributed by atoms with E-state index >= 15 is 0 Å². The van der Waals surface area contributed by atoms with Crippen molar-refractivity contribution in [1.29, 1.82) is 0 Å². The minimum Gasteiger partial charge on any atom is -0.375 e. The Morgan fingerprint density at radius 1 is 0.966 bits per heavy atom. The van der Waals surface area contributed by atoms with E-state index in [0.717, 1.165) is 11.1 Å². The predicted octanol–water partition coefficient (Wildman–Crippen LogP) is 3.76. The molecule has 1 aliphatic rings. The molecule has 29 heavy (non-hydrogen) atoms.